The summed E-state index contributed by atoms with van der Waals surface area (Å²) in [6, 6.07) is 6.02. The average Bonchev–Trinajstić information content (AvgIpc) is 2.48. The summed E-state index contributed by atoms with van der Waals surface area (Å²) in [5, 5.41) is 4.39. The van der Waals surface area contributed by atoms with Crippen molar-refractivity contribution in [2.75, 3.05) is 20.2 Å². The van der Waals surface area contributed by atoms with Crippen LogP contribution in [0.3, 0.4) is 0 Å². The van der Waals surface area contributed by atoms with Crippen LogP contribution in [0.5, 0.6) is 5.75 Å². The summed E-state index contributed by atoms with van der Waals surface area (Å²) in [7, 11) is 1.75. The fourth-order valence-corrected chi connectivity index (χ4v) is 3.50. The second-order valence-electron chi connectivity index (χ2n) is 5.74. The Hall–Kier alpha value is -0.730. The van der Waals surface area contributed by atoms with Crippen molar-refractivity contribution in [2.24, 2.45) is 5.92 Å². The normalized spacial score (nSPS) is 22.8. The van der Waals surface area contributed by atoms with Crippen LogP contribution in [0.4, 0.5) is 0 Å². The molecule has 1 saturated carbocycles. The predicted octanol–water partition coefficient (Wildman–Crippen LogP) is 4.62. The van der Waals surface area contributed by atoms with E-state index in [0.717, 1.165) is 23.9 Å². The summed E-state index contributed by atoms with van der Waals surface area (Å²) in [5.41, 5.74) is 1.29. The number of nitrogens with one attached hydrogen (secondary N) is 1. The molecular weight excluding hydrogens is 270 g/mol. The van der Waals surface area contributed by atoms with Gasteiger partial charge in [-0.1, -0.05) is 31.4 Å². The van der Waals surface area contributed by atoms with Crippen LogP contribution in [0.15, 0.2) is 18.2 Å². The Balaban J connectivity index is 2.16. The second-order valence-corrected chi connectivity index (χ2v) is 6.18. The summed E-state index contributed by atoms with van der Waals surface area (Å²) in [5.74, 6) is 2.26. The van der Waals surface area contributed by atoms with Gasteiger partial charge in [-0.3, -0.25) is 0 Å². The van der Waals surface area contributed by atoms with Gasteiger partial charge in [-0.15, -0.1) is 0 Å². The third-order valence-corrected chi connectivity index (χ3v) is 4.57. The highest BCUT2D eigenvalue weighted by molar-refractivity contribution is 6.30. The first-order valence-electron chi connectivity index (χ1n) is 7.80. The second kappa shape index (κ2) is 7.90. The zero-order chi connectivity index (χ0) is 14.4. The molecule has 1 aliphatic rings. The molecule has 20 heavy (non-hydrogen) atoms. The molecule has 0 bridgehead atoms. The van der Waals surface area contributed by atoms with Gasteiger partial charge >= 0.3 is 0 Å². The van der Waals surface area contributed by atoms with Crippen molar-refractivity contribution in [3.8, 4) is 5.75 Å². The Bertz CT molecular complexity index is 421. The van der Waals surface area contributed by atoms with Gasteiger partial charge in [0.25, 0.3) is 0 Å². The highest BCUT2D eigenvalue weighted by Gasteiger charge is 2.28. The largest absolute Gasteiger partial charge is 0.496 e. The maximum Gasteiger partial charge on any atom is 0.122 e. The van der Waals surface area contributed by atoms with Crippen LogP contribution in [-0.4, -0.2) is 20.2 Å². The molecule has 112 valence electrons. The quantitative estimate of drug-likeness (QED) is 0.773. The molecule has 0 heterocycles. The minimum atomic E-state index is 0.571. The molecule has 2 nitrogen and oxygen atoms in total. The Morgan fingerprint density at radius 3 is 2.85 bits per heavy atom. The van der Waals surface area contributed by atoms with Gasteiger partial charge in [-0.05, 0) is 68.0 Å². The molecule has 1 aromatic carbocycles. The van der Waals surface area contributed by atoms with Crippen LogP contribution in [0, 0.1) is 5.92 Å². The number of rotatable bonds is 6. The van der Waals surface area contributed by atoms with E-state index < -0.39 is 0 Å². The molecule has 0 spiro atoms. The summed E-state index contributed by atoms with van der Waals surface area (Å²) >= 11 is 6.20. The third-order valence-electron chi connectivity index (χ3n) is 4.33. The van der Waals surface area contributed by atoms with E-state index >= 15 is 0 Å². The lowest BCUT2D eigenvalue weighted by molar-refractivity contribution is 0.288. The molecule has 1 N–H and O–H groups in total. The van der Waals surface area contributed by atoms with E-state index in [0.29, 0.717) is 11.8 Å². The Morgan fingerprint density at radius 2 is 2.10 bits per heavy atom. The molecule has 1 aromatic rings. The monoisotopic (exact) mass is 295 g/mol. The van der Waals surface area contributed by atoms with Crippen molar-refractivity contribution >= 4 is 11.6 Å². The molecule has 2 unspecified atom stereocenters. The standard InChI is InChI=1S/C17H26ClNO/c1-3-10-19-12-13-6-4-5-7-15(13)16-11-14(18)8-9-17(16)20-2/h8-9,11,13,15,19H,3-7,10,12H2,1-2H3. The van der Waals surface area contributed by atoms with Crippen LogP contribution in [0.2, 0.25) is 5.02 Å². The number of ether oxygens (including phenoxy) is 1. The fraction of sp³-hybridized carbons (Fsp3) is 0.647. The number of hydrogen-bond acceptors (Lipinski definition) is 2. The Kier molecular flexibility index (Phi) is 6.18. The van der Waals surface area contributed by atoms with Crippen molar-refractivity contribution in [1.29, 1.82) is 0 Å². The SMILES string of the molecule is CCCNCC1CCCCC1c1cc(Cl)ccc1OC. The average molecular weight is 296 g/mol. The maximum atomic E-state index is 6.20. The van der Waals surface area contributed by atoms with Gasteiger partial charge in [0.15, 0.2) is 0 Å². The molecule has 0 amide bonds. The zero-order valence-electron chi connectivity index (χ0n) is 12.6. The highest BCUT2D eigenvalue weighted by Crippen LogP contribution is 2.42. The van der Waals surface area contributed by atoms with E-state index in [-0.39, 0.29) is 0 Å². The van der Waals surface area contributed by atoms with E-state index in [9.17, 15) is 0 Å². The Labute approximate surface area is 127 Å². The van der Waals surface area contributed by atoms with Gasteiger partial charge in [0.05, 0.1) is 7.11 Å². The fourth-order valence-electron chi connectivity index (χ4n) is 3.32. The van der Waals surface area contributed by atoms with Gasteiger partial charge in [-0.2, -0.15) is 0 Å². The number of halogens is 1. The molecule has 2 rings (SSSR count). The Morgan fingerprint density at radius 1 is 1.30 bits per heavy atom. The maximum absolute atomic E-state index is 6.20. The lowest BCUT2D eigenvalue weighted by Gasteiger charge is -2.33. The number of benzene rings is 1. The summed E-state index contributed by atoms with van der Waals surface area (Å²) in [4.78, 5) is 0. The molecule has 3 heteroatoms. The summed E-state index contributed by atoms with van der Waals surface area (Å²) in [6.45, 7) is 4.43. The number of methoxy groups -OCH3 is 1. The van der Waals surface area contributed by atoms with Crippen molar-refractivity contribution < 1.29 is 4.74 Å². The summed E-state index contributed by atoms with van der Waals surface area (Å²) < 4.78 is 5.55. The molecule has 0 aliphatic heterocycles. The first-order valence-corrected chi connectivity index (χ1v) is 8.18. The van der Waals surface area contributed by atoms with Crippen molar-refractivity contribution in [3.63, 3.8) is 0 Å². The van der Waals surface area contributed by atoms with Gasteiger partial charge in [0.2, 0.25) is 0 Å². The molecule has 0 aromatic heterocycles. The van der Waals surface area contributed by atoms with Crippen LogP contribution in [-0.2, 0) is 0 Å². The van der Waals surface area contributed by atoms with Crippen LogP contribution < -0.4 is 10.1 Å². The van der Waals surface area contributed by atoms with Gasteiger partial charge < -0.3 is 10.1 Å². The van der Waals surface area contributed by atoms with Crippen molar-refractivity contribution in [2.45, 2.75) is 44.9 Å². The van der Waals surface area contributed by atoms with E-state index in [1.165, 1.54) is 37.7 Å². The van der Waals surface area contributed by atoms with Crippen molar-refractivity contribution in [3.05, 3.63) is 28.8 Å². The topological polar surface area (TPSA) is 21.3 Å². The van der Waals surface area contributed by atoms with Crippen molar-refractivity contribution in [1.82, 2.24) is 5.32 Å². The first kappa shape index (κ1) is 15.7. The van der Waals surface area contributed by atoms with Crippen LogP contribution >= 0.6 is 11.6 Å². The van der Waals surface area contributed by atoms with Gasteiger partial charge in [-0.25, -0.2) is 0 Å². The highest BCUT2D eigenvalue weighted by atomic mass is 35.5. The van der Waals surface area contributed by atoms with E-state index in [2.05, 4.69) is 18.3 Å². The molecule has 2 atom stereocenters. The van der Waals surface area contributed by atoms with E-state index in [1.54, 1.807) is 7.11 Å². The summed E-state index contributed by atoms with van der Waals surface area (Å²) in [6.07, 6.45) is 6.40. The number of hydrogen-bond donors (Lipinski definition) is 1. The molecule has 0 radical (unpaired) electrons. The lowest BCUT2D eigenvalue weighted by atomic mass is 9.75. The van der Waals surface area contributed by atoms with E-state index in [4.69, 9.17) is 16.3 Å². The minimum absolute atomic E-state index is 0.571. The van der Waals surface area contributed by atoms with Crippen LogP contribution in [0.25, 0.3) is 0 Å². The van der Waals surface area contributed by atoms with Gasteiger partial charge in [0.1, 0.15) is 5.75 Å². The molecule has 1 fully saturated rings. The van der Waals surface area contributed by atoms with Gasteiger partial charge in [0, 0.05) is 5.02 Å². The van der Waals surface area contributed by atoms with E-state index in [1.807, 2.05) is 12.1 Å². The predicted molar refractivity (Wildman–Crippen MR) is 85.9 cm³/mol. The minimum Gasteiger partial charge on any atom is -0.496 e. The van der Waals surface area contributed by atoms with Crippen LogP contribution in [0.1, 0.15) is 50.5 Å². The smallest absolute Gasteiger partial charge is 0.122 e. The first-order chi connectivity index (χ1) is 9.76. The molecule has 1 aliphatic carbocycles. The molecule has 0 saturated heterocycles. The zero-order valence-corrected chi connectivity index (χ0v) is 13.4. The lowest BCUT2D eigenvalue weighted by Crippen LogP contribution is -2.30. The molecular formula is C17H26ClNO. The third kappa shape index (κ3) is 3.89.